The van der Waals surface area contributed by atoms with Gasteiger partial charge in [-0.25, -0.2) is 4.98 Å². The molecule has 2 N–H and O–H groups in total. The summed E-state index contributed by atoms with van der Waals surface area (Å²) in [5, 5.41) is 2.06. The molecule has 2 aromatic carbocycles. The first kappa shape index (κ1) is 23.3. The Bertz CT molecular complexity index is 1290. The molecule has 4 aromatic rings. The number of ether oxygens (including phenoxy) is 1. The molecule has 0 unspecified atom stereocenters. The van der Waals surface area contributed by atoms with Crippen LogP contribution in [-0.4, -0.2) is 20.9 Å². The van der Waals surface area contributed by atoms with E-state index in [0.717, 1.165) is 17.7 Å². The van der Waals surface area contributed by atoms with E-state index in [0.29, 0.717) is 29.4 Å². The molecule has 0 atom stereocenters. The Labute approximate surface area is 197 Å². The number of H-pyrrole nitrogens is 1. The molecule has 0 fully saturated rings. The van der Waals surface area contributed by atoms with Crippen molar-refractivity contribution in [2.24, 2.45) is 0 Å². The Morgan fingerprint density at radius 3 is 2.62 bits per heavy atom. The average Bonchev–Trinajstić information content (AvgIpc) is 3.34. The number of alkyl halides is 3. The number of amides is 1. The van der Waals surface area contributed by atoms with Crippen LogP contribution in [0.1, 0.15) is 17.5 Å². The van der Waals surface area contributed by atoms with Crippen LogP contribution in [0.5, 0.6) is 11.5 Å². The van der Waals surface area contributed by atoms with Crippen molar-refractivity contribution in [3.05, 3.63) is 89.3 Å². The molecule has 2 aromatic heterocycles. The first-order chi connectivity index (χ1) is 16.3. The van der Waals surface area contributed by atoms with Crippen LogP contribution in [0.4, 0.5) is 18.9 Å². The van der Waals surface area contributed by atoms with Crippen LogP contribution in [-0.2, 0) is 17.4 Å². The van der Waals surface area contributed by atoms with E-state index in [2.05, 4.69) is 20.3 Å². The number of carbonyl (C=O) groups is 1. The van der Waals surface area contributed by atoms with Gasteiger partial charge in [0.15, 0.2) is 5.82 Å². The normalized spacial score (nSPS) is 11.3. The largest absolute Gasteiger partial charge is 0.457 e. The third-order valence-electron chi connectivity index (χ3n) is 4.80. The molecule has 0 aliphatic heterocycles. The zero-order valence-corrected chi connectivity index (χ0v) is 18.3. The van der Waals surface area contributed by atoms with Crippen LogP contribution in [0.3, 0.4) is 0 Å². The van der Waals surface area contributed by atoms with Crippen molar-refractivity contribution in [2.45, 2.75) is 19.0 Å². The minimum Gasteiger partial charge on any atom is -0.457 e. The molecule has 6 nitrogen and oxygen atoms in total. The summed E-state index contributed by atoms with van der Waals surface area (Å²) in [6.07, 6.45) is 0.787. The molecule has 0 aliphatic carbocycles. The highest BCUT2D eigenvalue weighted by molar-refractivity contribution is 6.31. The Morgan fingerprint density at radius 1 is 1.03 bits per heavy atom. The molecule has 174 valence electrons. The van der Waals surface area contributed by atoms with Crippen LogP contribution >= 0.6 is 11.6 Å². The molecule has 4 rings (SSSR count). The van der Waals surface area contributed by atoms with Gasteiger partial charge in [-0.15, -0.1) is 0 Å². The van der Waals surface area contributed by atoms with Crippen LogP contribution in [0.2, 0.25) is 5.02 Å². The number of aryl methyl sites for hydroxylation is 1. The molecule has 2 heterocycles. The van der Waals surface area contributed by atoms with Gasteiger partial charge in [-0.2, -0.15) is 13.2 Å². The molecule has 34 heavy (non-hydrogen) atoms. The van der Waals surface area contributed by atoms with Gasteiger partial charge in [0.1, 0.15) is 17.2 Å². The maximum absolute atomic E-state index is 13.0. The summed E-state index contributed by atoms with van der Waals surface area (Å²) in [6.45, 7) is 0. The number of hydrogen-bond donors (Lipinski definition) is 2. The number of imidazole rings is 1. The van der Waals surface area contributed by atoms with E-state index < -0.39 is 22.7 Å². The van der Waals surface area contributed by atoms with Crippen LogP contribution in [0, 0.1) is 0 Å². The van der Waals surface area contributed by atoms with Crippen molar-refractivity contribution in [3.8, 4) is 23.0 Å². The fraction of sp³-hybridized carbons (Fsp3) is 0.125. The molecule has 0 aliphatic rings. The summed E-state index contributed by atoms with van der Waals surface area (Å²) in [7, 11) is 0. The molecule has 0 radical (unpaired) electrons. The topological polar surface area (TPSA) is 79.9 Å². The minimum atomic E-state index is -4.61. The molecule has 0 bridgehead atoms. The zero-order chi connectivity index (χ0) is 24.1. The third-order valence-corrected chi connectivity index (χ3v) is 5.13. The Morgan fingerprint density at radius 2 is 1.85 bits per heavy atom. The van der Waals surface area contributed by atoms with Gasteiger partial charge in [0.2, 0.25) is 5.91 Å². The second-order valence-corrected chi connectivity index (χ2v) is 7.71. The third kappa shape index (κ3) is 5.93. The van der Waals surface area contributed by atoms with E-state index in [1.165, 1.54) is 6.07 Å². The highest BCUT2D eigenvalue weighted by Crippen LogP contribution is 2.36. The average molecular weight is 487 g/mol. The highest BCUT2D eigenvalue weighted by atomic mass is 35.5. The Balaban J connectivity index is 1.37. The predicted octanol–water partition coefficient (Wildman–Crippen LogP) is 6.51. The van der Waals surface area contributed by atoms with Gasteiger partial charge in [-0.05, 0) is 48.4 Å². The van der Waals surface area contributed by atoms with Crippen molar-refractivity contribution >= 4 is 23.2 Å². The maximum atomic E-state index is 13.0. The monoisotopic (exact) mass is 486 g/mol. The number of anilines is 1. The summed E-state index contributed by atoms with van der Waals surface area (Å²) in [4.78, 5) is 23.7. The van der Waals surface area contributed by atoms with E-state index in [1.54, 1.807) is 48.9 Å². The summed E-state index contributed by atoms with van der Waals surface area (Å²) in [5.74, 6) is 1.34. The molecule has 1 amide bonds. The van der Waals surface area contributed by atoms with Gasteiger partial charge in [0.05, 0.1) is 10.6 Å². The lowest BCUT2D eigenvalue weighted by Crippen LogP contribution is -2.14. The second-order valence-electron chi connectivity index (χ2n) is 7.30. The van der Waals surface area contributed by atoms with Gasteiger partial charge in [-0.1, -0.05) is 23.7 Å². The molecular formula is C24H18ClF3N4O2. The van der Waals surface area contributed by atoms with Gasteiger partial charge in [-0.3, -0.25) is 9.78 Å². The van der Waals surface area contributed by atoms with Crippen molar-refractivity contribution in [3.63, 3.8) is 0 Å². The smallest absolute Gasteiger partial charge is 0.417 e. The summed E-state index contributed by atoms with van der Waals surface area (Å²) >= 11 is 5.61. The number of carbonyl (C=O) groups excluding carboxylic acids is 1. The number of rotatable bonds is 7. The number of hydrogen-bond acceptors (Lipinski definition) is 4. The SMILES string of the molecule is O=C(CCc1cccc(Oc2ccnc(-c3ncc[nH]3)c2)c1)Nc1ccc(Cl)c(C(F)(F)F)c1. The predicted molar refractivity (Wildman–Crippen MR) is 122 cm³/mol. The molecule has 10 heteroatoms. The zero-order valence-electron chi connectivity index (χ0n) is 17.6. The van der Waals surface area contributed by atoms with Crippen molar-refractivity contribution < 1.29 is 22.7 Å². The van der Waals surface area contributed by atoms with E-state index in [9.17, 15) is 18.0 Å². The van der Waals surface area contributed by atoms with Crippen LogP contribution in [0.15, 0.2) is 73.2 Å². The highest BCUT2D eigenvalue weighted by Gasteiger charge is 2.33. The second kappa shape index (κ2) is 9.96. The fourth-order valence-corrected chi connectivity index (χ4v) is 3.44. The van der Waals surface area contributed by atoms with Gasteiger partial charge in [0.25, 0.3) is 0 Å². The first-order valence-electron chi connectivity index (χ1n) is 10.2. The Kier molecular flexibility index (Phi) is 6.83. The minimum absolute atomic E-state index is 0.0313. The van der Waals surface area contributed by atoms with Crippen molar-refractivity contribution in [2.75, 3.05) is 5.32 Å². The Hall–Kier alpha value is -3.85. The van der Waals surface area contributed by atoms with Crippen LogP contribution in [0.25, 0.3) is 11.5 Å². The summed E-state index contributed by atoms with van der Waals surface area (Å²) in [6, 6.07) is 13.9. The number of halogens is 4. The lowest BCUT2D eigenvalue weighted by atomic mass is 10.1. The quantitative estimate of drug-likeness (QED) is 0.312. The fourth-order valence-electron chi connectivity index (χ4n) is 3.21. The van der Waals surface area contributed by atoms with Crippen molar-refractivity contribution in [1.82, 2.24) is 15.0 Å². The number of aromatic amines is 1. The molecule has 0 saturated carbocycles. The van der Waals surface area contributed by atoms with Gasteiger partial charge < -0.3 is 15.0 Å². The lowest BCUT2D eigenvalue weighted by molar-refractivity contribution is -0.137. The summed E-state index contributed by atoms with van der Waals surface area (Å²) < 4.78 is 44.9. The van der Waals surface area contributed by atoms with E-state index in [4.69, 9.17) is 16.3 Å². The van der Waals surface area contributed by atoms with Crippen LogP contribution < -0.4 is 10.1 Å². The van der Waals surface area contributed by atoms with E-state index >= 15 is 0 Å². The number of nitrogens with one attached hydrogen (secondary N) is 2. The molecule has 0 saturated heterocycles. The van der Waals surface area contributed by atoms with E-state index in [-0.39, 0.29) is 12.1 Å². The standard InChI is InChI=1S/C24H18ClF3N4O2/c25-20-6-5-16(13-19(20)24(26,27)28)32-22(33)7-4-15-2-1-3-17(12-15)34-18-8-9-29-21(14-18)23-30-10-11-31-23/h1-3,5-6,8-14H,4,7H2,(H,30,31)(H,32,33). The first-order valence-corrected chi connectivity index (χ1v) is 10.5. The summed E-state index contributed by atoms with van der Waals surface area (Å²) in [5.41, 5.74) is 0.498. The molecular weight excluding hydrogens is 469 g/mol. The lowest BCUT2D eigenvalue weighted by Gasteiger charge is -2.12. The van der Waals surface area contributed by atoms with E-state index in [1.807, 2.05) is 6.07 Å². The maximum Gasteiger partial charge on any atom is 0.417 e. The number of nitrogens with zero attached hydrogens (tertiary/aromatic N) is 2. The van der Waals surface area contributed by atoms with Gasteiger partial charge in [0, 0.05) is 36.8 Å². The number of aromatic nitrogens is 3. The van der Waals surface area contributed by atoms with Gasteiger partial charge >= 0.3 is 6.18 Å². The number of benzene rings is 2. The number of pyridine rings is 1. The molecule has 0 spiro atoms. The van der Waals surface area contributed by atoms with Crippen molar-refractivity contribution in [1.29, 1.82) is 0 Å².